The fraction of sp³-hybridized carbons (Fsp3) is 0.158. The van der Waals surface area contributed by atoms with Crippen molar-refractivity contribution < 1.29 is 4.39 Å². The van der Waals surface area contributed by atoms with E-state index in [4.69, 9.17) is 12.2 Å². The van der Waals surface area contributed by atoms with Crippen LogP contribution >= 0.6 is 12.2 Å². The standard InChI is InChI=1S/C19H19FN4S/c1-13-7-8-14(2)18(9-13)23-19(25)22-16-10-21-24(12-16)11-15-5-3-4-6-17(15)20/h3-10,12H,11H2,1-2H3,(H2,22,23,25). The van der Waals surface area contributed by atoms with Gasteiger partial charge in [0.15, 0.2) is 5.11 Å². The van der Waals surface area contributed by atoms with E-state index in [1.807, 2.05) is 32.0 Å². The van der Waals surface area contributed by atoms with Gasteiger partial charge < -0.3 is 10.6 Å². The molecule has 25 heavy (non-hydrogen) atoms. The number of hydrogen-bond acceptors (Lipinski definition) is 2. The number of thiocarbonyl (C=S) groups is 1. The monoisotopic (exact) mass is 354 g/mol. The van der Waals surface area contributed by atoms with Crippen LogP contribution in [-0.4, -0.2) is 14.9 Å². The predicted molar refractivity (Wildman–Crippen MR) is 103 cm³/mol. The van der Waals surface area contributed by atoms with Crippen molar-refractivity contribution in [2.75, 3.05) is 10.6 Å². The van der Waals surface area contributed by atoms with E-state index in [0.717, 1.165) is 22.5 Å². The van der Waals surface area contributed by atoms with Gasteiger partial charge in [-0.2, -0.15) is 5.10 Å². The molecular weight excluding hydrogens is 335 g/mol. The second-order valence-electron chi connectivity index (χ2n) is 5.92. The van der Waals surface area contributed by atoms with E-state index in [0.29, 0.717) is 17.2 Å². The molecule has 2 N–H and O–H groups in total. The zero-order valence-corrected chi connectivity index (χ0v) is 14.9. The Morgan fingerprint density at radius 2 is 1.96 bits per heavy atom. The minimum atomic E-state index is -0.236. The number of aromatic nitrogens is 2. The molecule has 0 aliphatic rings. The molecule has 0 fully saturated rings. The molecule has 0 atom stereocenters. The van der Waals surface area contributed by atoms with Crippen LogP contribution in [0.1, 0.15) is 16.7 Å². The Morgan fingerprint density at radius 3 is 2.76 bits per heavy atom. The van der Waals surface area contributed by atoms with Crippen LogP contribution in [0.2, 0.25) is 0 Å². The van der Waals surface area contributed by atoms with Crippen molar-refractivity contribution in [2.24, 2.45) is 0 Å². The third kappa shape index (κ3) is 4.42. The van der Waals surface area contributed by atoms with E-state index >= 15 is 0 Å². The van der Waals surface area contributed by atoms with Gasteiger partial charge in [-0.3, -0.25) is 4.68 Å². The van der Waals surface area contributed by atoms with Crippen LogP contribution in [0, 0.1) is 19.7 Å². The summed E-state index contributed by atoms with van der Waals surface area (Å²) in [6.45, 7) is 4.43. The Hall–Kier alpha value is -2.73. The molecule has 4 nitrogen and oxygen atoms in total. The lowest BCUT2D eigenvalue weighted by Gasteiger charge is -2.12. The smallest absolute Gasteiger partial charge is 0.175 e. The zero-order chi connectivity index (χ0) is 17.8. The van der Waals surface area contributed by atoms with E-state index in [-0.39, 0.29) is 5.82 Å². The largest absolute Gasteiger partial charge is 0.332 e. The maximum atomic E-state index is 13.7. The third-order valence-corrected chi connectivity index (χ3v) is 4.03. The summed E-state index contributed by atoms with van der Waals surface area (Å²) in [4.78, 5) is 0. The normalized spacial score (nSPS) is 10.5. The average Bonchev–Trinajstić information content (AvgIpc) is 3.00. The fourth-order valence-corrected chi connectivity index (χ4v) is 2.70. The molecule has 1 heterocycles. The van der Waals surface area contributed by atoms with Crippen molar-refractivity contribution in [3.05, 3.63) is 77.4 Å². The summed E-state index contributed by atoms with van der Waals surface area (Å²) in [6, 6.07) is 12.8. The van der Waals surface area contributed by atoms with Crippen LogP contribution in [0.25, 0.3) is 0 Å². The maximum absolute atomic E-state index is 13.7. The van der Waals surface area contributed by atoms with E-state index in [9.17, 15) is 4.39 Å². The van der Waals surface area contributed by atoms with E-state index < -0.39 is 0 Å². The Bertz CT molecular complexity index is 904. The Balaban J connectivity index is 1.64. The number of benzene rings is 2. The van der Waals surface area contributed by atoms with Crippen molar-refractivity contribution in [3.63, 3.8) is 0 Å². The lowest BCUT2D eigenvalue weighted by Crippen LogP contribution is -2.19. The van der Waals surface area contributed by atoms with Gasteiger partial charge in [0, 0.05) is 17.4 Å². The maximum Gasteiger partial charge on any atom is 0.175 e. The van der Waals surface area contributed by atoms with Crippen molar-refractivity contribution in [1.29, 1.82) is 0 Å². The molecule has 0 aliphatic carbocycles. The second kappa shape index (κ2) is 7.44. The lowest BCUT2D eigenvalue weighted by atomic mass is 10.1. The SMILES string of the molecule is Cc1ccc(C)c(NC(=S)Nc2cnn(Cc3ccccc3F)c2)c1. The minimum Gasteiger partial charge on any atom is -0.332 e. The van der Waals surface area contributed by atoms with Crippen molar-refractivity contribution in [3.8, 4) is 0 Å². The van der Waals surface area contributed by atoms with Crippen LogP contribution in [0.3, 0.4) is 0 Å². The van der Waals surface area contributed by atoms with Gasteiger partial charge >= 0.3 is 0 Å². The highest BCUT2D eigenvalue weighted by atomic mass is 32.1. The number of anilines is 2. The second-order valence-corrected chi connectivity index (χ2v) is 6.32. The first kappa shape index (κ1) is 17.1. The molecule has 0 spiro atoms. The summed E-state index contributed by atoms with van der Waals surface area (Å²) in [5, 5.41) is 11.0. The van der Waals surface area contributed by atoms with E-state index in [1.54, 1.807) is 29.2 Å². The molecule has 6 heteroatoms. The zero-order valence-electron chi connectivity index (χ0n) is 14.1. The number of nitrogens with zero attached hydrogens (tertiary/aromatic N) is 2. The van der Waals surface area contributed by atoms with Crippen LogP contribution in [-0.2, 0) is 6.54 Å². The molecule has 0 saturated carbocycles. The van der Waals surface area contributed by atoms with Gasteiger partial charge in [-0.25, -0.2) is 4.39 Å². The summed E-state index contributed by atoms with van der Waals surface area (Å²) >= 11 is 5.36. The number of halogens is 1. The Morgan fingerprint density at radius 1 is 1.16 bits per heavy atom. The summed E-state index contributed by atoms with van der Waals surface area (Å²) in [7, 11) is 0. The molecule has 0 amide bonds. The first-order chi connectivity index (χ1) is 12.0. The summed E-state index contributed by atoms with van der Waals surface area (Å²) in [6.07, 6.45) is 3.46. The molecule has 0 aliphatic heterocycles. The summed E-state index contributed by atoms with van der Waals surface area (Å²) in [5.74, 6) is -0.236. The van der Waals surface area contributed by atoms with Gasteiger partial charge in [0.2, 0.25) is 0 Å². The Kier molecular flexibility index (Phi) is 5.09. The number of nitrogens with one attached hydrogen (secondary N) is 2. The number of hydrogen-bond donors (Lipinski definition) is 2. The predicted octanol–water partition coefficient (Wildman–Crippen LogP) is 4.50. The van der Waals surface area contributed by atoms with Crippen LogP contribution in [0.15, 0.2) is 54.9 Å². The van der Waals surface area contributed by atoms with Gasteiger partial charge in [0.25, 0.3) is 0 Å². The molecule has 2 aromatic carbocycles. The minimum absolute atomic E-state index is 0.236. The summed E-state index contributed by atoms with van der Waals surface area (Å²) in [5.41, 5.74) is 4.59. The van der Waals surface area contributed by atoms with Crippen molar-refractivity contribution in [2.45, 2.75) is 20.4 Å². The van der Waals surface area contributed by atoms with Crippen LogP contribution in [0.4, 0.5) is 15.8 Å². The van der Waals surface area contributed by atoms with Gasteiger partial charge in [-0.1, -0.05) is 30.3 Å². The van der Waals surface area contributed by atoms with Gasteiger partial charge in [-0.15, -0.1) is 0 Å². The van der Waals surface area contributed by atoms with Gasteiger partial charge in [-0.05, 0) is 49.3 Å². The molecule has 0 saturated heterocycles. The van der Waals surface area contributed by atoms with E-state index in [1.165, 1.54) is 6.07 Å². The third-order valence-electron chi connectivity index (χ3n) is 3.82. The fourth-order valence-electron chi connectivity index (χ4n) is 2.47. The number of aryl methyl sites for hydroxylation is 2. The Labute approximate surface area is 151 Å². The van der Waals surface area contributed by atoms with Crippen LogP contribution < -0.4 is 10.6 Å². The lowest BCUT2D eigenvalue weighted by molar-refractivity contribution is 0.585. The van der Waals surface area contributed by atoms with Crippen molar-refractivity contribution in [1.82, 2.24) is 9.78 Å². The quantitative estimate of drug-likeness (QED) is 0.677. The molecule has 128 valence electrons. The molecule has 0 unspecified atom stereocenters. The van der Waals surface area contributed by atoms with Crippen LogP contribution in [0.5, 0.6) is 0 Å². The first-order valence-electron chi connectivity index (χ1n) is 7.92. The van der Waals surface area contributed by atoms with Gasteiger partial charge in [0.05, 0.1) is 18.4 Å². The highest BCUT2D eigenvalue weighted by Gasteiger charge is 2.06. The average molecular weight is 354 g/mol. The molecule has 1 aromatic heterocycles. The highest BCUT2D eigenvalue weighted by molar-refractivity contribution is 7.80. The molecule has 0 bridgehead atoms. The van der Waals surface area contributed by atoms with Crippen molar-refractivity contribution >= 4 is 28.7 Å². The molecular formula is C19H19FN4S. The number of rotatable bonds is 4. The molecule has 0 radical (unpaired) electrons. The topological polar surface area (TPSA) is 41.9 Å². The highest BCUT2D eigenvalue weighted by Crippen LogP contribution is 2.17. The molecule has 3 rings (SSSR count). The first-order valence-corrected chi connectivity index (χ1v) is 8.33. The van der Waals surface area contributed by atoms with E-state index in [2.05, 4.69) is 21.8 Å². The summed E-state index contributed by atoms with van der Waals surface area (Å²) < 4.78 is 15.4. The molecule has 3 aromatic rings. The van der Waals surface area contributed by atoms with Gasteiger partial charge in [0.1, 0.15) is 5.82 Å².